The number of hydrogen-bond donors (Lipinski definition) is 2. The van der Waals surface area contributed by atoms with Crippen molar-refractivity contribution in [2.45, 2.75) is 13.5 Å². The number of nitrogens with zero attached hydrogens (tertiary/aromatic N) is 2. The van der Waals surface area contributed by atoms with Crippen LogP contribution in [0, 0.1) is 6.92 Å². The number of aryl methyl sites for hydroxylation is 2. The van der Waals surface area contributed by atoms with E-state index in [2.05, 4.69) is 5.10 Å². The van der Waals surface area contributed by atoms with Gasteiger partial charge in [0, 0.05) is 7.05 Å². The van der Waals surface area contributed by atoms with Gasteiger partial charge in [-0.3, -0.25) is 4.68 Å². The van der Waals surface area contributed by atoms with Gasteiger partial charge in [-0.25, -0.2) is 4.79 Å². The Morgan fingerprint density at radius 1 is 1.47 bits per heavy atom. The summed E-state index contributed by atoms with van der Waals surface area (Å²) in [6.07, 6.45) is 0. The molecular formula is C13H15N3O3. The van der Waals surface area contributed by atoms with Crippen LogP contribution in [0.3, 0.4) is 0 Å². The number of hydrogen-bond acceptors (Lipinski definition) is 4. The van der Waals surface area contributed by atoms with Gasteiger partial charge in [-0.05, 0) is 31.2 Å². The molecule has 1 aromatic heterocycles. The van der Waals surface area contributed by atoms with Crippen molar-refractivity contribution in [3.05, 3.63) is 41.2 Å². The van der Waals surface area contributed by atoms with E-state index < -0.39 is 5.97 Å². The normalized spacial score (nSPS) is 10.4. The number of nitrogens with two attached hydrogens (primary N) is 1. The van der Waals surface area contributed by atoms with Gasteiger partial charge in [-0.15, -0.1) is 0 Å². The number of benzene rings is 1. The third kappa shape index (κ3) is 2.85. The van der Waals surface area contributed by atoms with E-state index in [4.69, 9.17) is 15.6 Å². The highest BCUT2D eigenvalue weighted by Crippen LogP contribution is 2.23. The van der Waals surface area contributed by atoms with Crippen LogP contribution in [-0.2, 0) is 13.7 Å². The van der Waals surface area contributed by atoms with E-state index in [1.54, 1.807) is 10.7 Å². The van der Waals surface area contributed by atoms with Crippen molar-refractivity contribution in [1.82, 2.24) is 9.78 Å². The molecule has 0 fully saturated rings. The zero-order valence-corrected chi connectivity index (χ0v) is 10.8. The van der Waals surface area contributed by atoms with Crippen LogP contribution < -0.4 is 10.5 Å². The van der Waals surface area contributed by atoms with Gasteiger partial charge in [0.25, 0.3) is 0 Å². The minimum Gasteiger partial charge on any atom is -0.485 e. The van der Waals surface area contributed by atoms with E-state index in [1.807, 2.05) is 20.0 Å². The third-order valence-electron chi connectivity index (χ3n) is 2.73. The summed E-state index contributed by atoms with van der Waals surface area (Å²) in [7, 11) is 1.84. The van der Waals surface area contributed by atoms with E-state index >= 15 is 0 Å². The molecule has 2 aromatic rings. The first-order valence-electron chi connectivity index (χ1n) is 5.72. The summed E-state index contributed by atoms with van der Waals surface area (Å²) in [5.74, 6) is -0.552. The highest BCUT2D eigenvalue weighted by atomic mass is 16.5. The first kappa shape index (κ1) is 12.9. The van der Waals surface area contributed by atoms with Crippen LogP contribution in [0.2, 0.25) is 0 Å². The molecule has 1 aromatic carbocycles. The molecule has 0 bridgehead atoms. The smallest absolute Gasteiger partial charge is 0.335 e. The summed E-state index contributed by atoms with van der Waals surface area (Å²) in [5, 5.41) is 13.1. The Hall–Kier alpha value is -2.50. The van der Waals surface area contributed by atoms with Gasteiger partial charge < -0.3 is 15.6 Å². The number of aromatic carboxylic acids is 1. The monoisotopic (exact) mass is 261 g/mol. The van der Waals surface area contributed by atoms with Crippen molar-refractivity contribution in [3.8, 4) is 5.75 Å². The maximum absolute atomic E-state index is 10.8. The number of rotatable bonds is 4. The number of carboxylic acid groups (broad SMARTS) is 1. The zero-order chi connectivity index (χ0) is 14.0. The Morgan fingerprint density at radius 2 is 2.21 bits per heavy atom. The second-order valence-corrected chi connectivity index (χ2v) is 4.25. The van der Waals surface area contributed by atoms with Crippen LogP contribution in [0.1, 0.15) is 21.7 Å². The summed E-state index contributed by atoms with van der Waals surface area (Å²) in [6.45, 7) is 2.23. The van der Waals surface area contributed by atoms with Crippen molar-refractivity contribution in [2.24, 2.45) is 7.05 Å². The molecule has 0 atom stereocenters. The number of anilines is 1. The predicted molar refractivity (Wildman–Crippen MR) is 70.1 cm³/mol. The van der Waals surface area contributed by atoms with E-state index in [0.717, 1.165) is 11.4 Å². The lowest BCUT2D eigenvalue weighted by Crippen LogP contribution is -2.05. The highest BCUT2D eigenvalue weighted by Gasteiger charge is 2.08. The van der Waals surface area contributed by atoms with E-state index in [1.165, 1.54) is 12.1 Å². The number of nitrogen functional groups attached to an aromatic ring is 1. The zero-order valence-electron chi connectivity index (χ0n) is 10.8. The molecule has 0 amide bonds. The molecule has 6 nitrogen and oxygen atoms in total. The maximum atomic E-state index is 10.8. The molecule has 3 N–H and O–H groups in total. The first-order valence-corrected chi connectivity index (χ1v) is 5.72. The maximum Gasteiger partial charge on any atom is 0.335 e. The Morgan fingerprint density at radius 3 is 2.74 bits per heavy atom. The molecule has 0 saturated heterocycles. The molecule has 2 rings (SSSR count). The molecule has 0 aliphatic carbocycles. The fourth-order valence-electron chi connectivity index (χ4n) is 1.76. The minimum absolute atomic E-state index is 0.140. The average molecular weight is 261 g/mol. The van der Waals surface area contributed by atoms with Crippen molar-refractivity contribution in [2.75, 3.05) is 5.73 Å². The van der Waals surface area contributed by atoms with Gasteiger partial charge in [0.15, 0.2) is 0 Å². The third-order valence-corrected chi connectivity index (χ3v) is 2.73. The van der Waals surface area contributed by atoms with Crippen LogP contribution in [0.15, 0.2) is 24.3 Å². The molecule has 0 spiro atoms. The summed E-state index contributed by atoms with van der Waals surface area (Å²) in [5.41, 5.74) is 8.03. The number of carboxylic acids is 1. The summed E-state index contributed by atoms with van der Waals surface area (Å²) < 4.78 is 7.31. The van der Waals surface area contributed by atoms with Crippen molar-refractivity contribution in [3.63, 3.8) is 0 Å². The van der Waals surface area contributed by atoms with Crippen LogP contribution in [0.4, 0.5) is 5.69 Å². The van der Waals surface area contributed by atoms with Crippen LogP contribution in [0.25, 0.3) is 0 Å². The van der Waals surface area contributed by atoms with Crippen LogP contribution in [0.5, 0.6) is 5.75 Å². The fraction of sp³-hybridized carbons (Fsp3) is 0.231. The lowest BCUT2D eigenvalue weighted by atomic mass is 10.2. The molecule has 6 heteroatoms. The van der Waals surface area contributed by atoms with E-state index in [0.29, 0.717) is 18.0 Å². The van der Waals surface area contributed by atoms with Gasteiger partial charge >= 0.3 is 5.97 Å². The molecule has 0 unspecified atom stereocenters. The lowest BCUT2D eigenvalue weighted by Gasteiger charge is -2.09. The summed E-state index contributed by atoms with van der Waals surface area (Å²) >= 11 is 0. The fourth-order valence-corrected chi connectivity index (χ4v) is 1.76. The Balaban J connectivity index is 2.12. The van der Waals surface area contributed by atoms with Crippen LogP contribution in [-0.4, -0.2) is 20.9 Å². The van der Waals surface area contributed by atoms with Crippen molar-refractivity contribution >= 4 is 11.7 Å². The Kier molecular flexibility index (Phi) is 3.41. The molecular weight excluding hydrogens is 246 g/mol. The molecule has 0 radical (unpaired) electrons. The number of aromatic nitrogens is 2. The second-order valence-electron chi connectivity index (χ2n) is 4.25. The topological polar surface area (TPSA) is 90.4 Å². The molecule has 19 heavy (non-hydrogen) atoms. The van der Waals surface area contributed by atoms with Gasteiger partial charge in [-0.1, -0.05) is 0 Å². The standard InChI is InChI=1S/C13H15N3O3/c1-8-5-10(16(2)15-8)7-19-12-4-3-9(13(17)18)6-11(12)14/h3-6H,7,14H2,1-2H3,(H,17,18). The Labute approximate surface area is 110 Å². The first-order chi connectivity index (χ1) is 8.97. The molecule has 0 aliphatic heterocycles. The number of carbonyl (C=O) groups is 1. The average Bonchev–Trinajstić information content (AvgIpc) is 2.66. The molecule has 0 saturated carbocycles. The Bertz CT molecular complexity index is 620. The number of ether oxygens (including phenoxy) is 1. The highest BCUT2D eigenvalue weighted by molar-refractivity contribution is 5.89. The van der Waals surface area contributed by atoms with E-state index in [-0.39, 0.29) is 5.56 Å². The van der Waals surface area contributed by atoms with Crippen molar-refractivity contribution in [1.29, 1.82) is 0 Å². The van der Waals surface area contributed by atoms with Gasteiger partial charge in [0.05, 0.1) is 22.6 Å². The van der Waals surface area contributed by atoms with Gasteiger partial charge in [-0.2, -0.15) is 5.10 Å². The molecule has 0 aliphatic rings. The largest absolute Gasteiger partial charge is 0.485 e. The van der Waals surface area contributed by atoms with Gasteiger partial charge in [0.1, 0.15) is 12.4 Å². The lowest BCUT2D eigenvalue weighted by molar-refractivity contribution is 0.0697. The van der Waals surface area contributed by atoms with E-state index in [9.17, 15) is 4.79 Å². The summed E-state index contributed by atoms with van der Waals surface area (Å²) in [6, 6.07) is 6.32. The minimum atomic E-state index is -1.01. The molecule has 100 valence electrons. The second kappa shape index (κ2) is 5.01. The SMILES string of the molecule is Cc1cc(COc2ccc(C(=O)O)cc2N)n(C)n1. The summed E-state index contributed by atoms with van der Waals surface area (Å²) in [4.78, 5) is 10.8. The van der Waals surface area contributed by atoms with Crippen molar-refractivity contribution < 1.29 is 14.6 Å². The quantitative estimate of drug-likeness (QED) is 0.815. The van der Waals surface area contributed by atoms with Crippen LogP contribution >= 0.6 is 0 Å². The predicted octanol–water partition coefficient (Wildman–Crippen LogP) is 1.59. The molecule has 1 heterocycles. The van der Waals surface area contributed by atoms with Gasteiger partial charge in [0.2, 0.25) is 0 Å².